The molecule has 1 aliphatic rings. The van der Waals surface area contributed by atoms with Crippen LogP contribution >= 0.6 is 11.3 Å². The van der Waals surface area contributed by atoms with Crippen molar-refractivity contribution >= 4 is 56.5 Å². The van der Waals surface area contributed by atoms with Gasteiger partial charge >= 0.3 is 0 Å². The average Bonchev–Trinajstić information content (AvgIpc) is 3.50. The minimum Gasteiger partial charge on any atom is -0.369 e. The van der Waals surface area contributed by atoms with Crippen molar-refractivity contribution in [1.29, 1.82) is 0 Å². The second-order valence-corrected chi connectivity index (χ2v) is 13.1. The predicted molar refractivity (Wildman–Crippen MR) is 170 cm³/mol. The number of aliphatic imine (C=N–C) groups is 1. The Labute approximate surface area is 265 Å². The van der Waals surface area contributed by atoms with E-state index < -0.39 is 39.7 Å². The molecule has 45 heavy (non-hydrogen) atoms. The SMILES string of the molecule is CC(=O)NC1CCc2ccccc2N(CC(=O)N[C@H](CCCN=C(N)NS(=O)(=O)c2ccc(C)cc2)C(=O)c2nccs2)C1=O. The van der Waals surface area contributed by atoms with Crippen molar-refractivity contribution < 1.29 is 27.6 Å². The third kappa shape index (κ3) is 8.95. The second-order valence-electron chi connectivity index (χ2n) is 10.5. The Morgan fingerprint density at radius 3 is 2.58 bits per heavy atom. The molecule has 2 aromatic carbocycles. The van der Waals surface area contributed by atoms with Crippen molar-refractivity contribution in [3.63, 3.8) is 0 Å². The summed E-state index contributed by atoms with van der Waals surface area (Å²) in [7, 11) is -3.92. The van der Waals surface area contributed by atoms with E-state index in [0.29, 0.717) is 18.5 Å². The smallest absolute Gasteiger partial charge is 0.264 e. The van der Waals surface area contributed by atoms with Crippen LogP contribution in [-0.4, -0.2) is 68.0 Å². The zero-order valence-electron chi connectivity index (χ0n) is 24.9. The van der Waals surface area contributed by atoms with Crippen LogP contribution in [0.4, 0.5) is 5.69 Å². The maximum absolute atomic E-state index is 13.4. The number of aryl methyl sites for hydroxylation is 2. The topological polar surface area (TPSA) is 193 Å². The Morgan fingerprint density at radius 1 is 1.16 bits per heavy atom. The third-order valence-electron chi connectivity index (χ3n) is 7.03. The minimum atomic E-state index is -3.92. The van der Waals surface area contributed by atoms with E-state index >= 15 is 0 Å². The Bertz CT molecular complexity index is 1670. The largest absolute Gasteiger partial charge is 0.369 e. The molecule has 0 fully saturated rings. The Kier molecular flexibility index (Phi) is 11.0. The van der Waals surface area contributed by atoms with Gasteiger partial charge < -0.3 is 21.3 Å². The summed E-state index contributed by atoms with van der Waals surface area (Å²) in [5.41, 5.74) is 8.15. The number of rotatable bonds is 12. The maximum atomic E-state index is 13.4. The number of hydrogen-bond acceptors (Lipinski definition) is 9. The van der Waals surface area contributed by atoms with Crippen molar-refractivity contribution in [3.8, 4) is 0 Å². The lowest BCUT2D eigenvalue weighted by molar-refractivity contribution is -0.127. The zero-order valence-corrected chi connectivity index (χ0v) is 26.5. The van der Waals surface area contributed by atoms with Gasteiger partial charge in [-0.25, -0.2) is 18.1 Å². The van der Waals surface area contributed by atoms with Gasteiger partial charge in [0.25, 0.3) is 10.0 Å². The highest BCUT2D eigenvalue weighted by Gasteiger charge is 2.33. The number of benzene rings is 2. The average molecular weight is 654 g/mol. The van der Waals surface area contributed by atoms with E-state index in [9.17, 15) is 27.6 Å². The molecule has 0 radical (unpaired) electrons. The number of nitrogens with two attached hydrogens (primary N) is 1. The van der Waals surface area contributed by atoms with E-state index in [-0.39, 0.29) is 47.7 Å². The molecule has 0 saturated carbocycles. The summed E-state index contributed by atoms with van der Waals surface area (Å²) in [5.74, 6) is -2.08. The molecule has 2 heterocycles. The van der Waals surface area contributed by atoms with Crippen LogP contribution in [0.15, 0.2) is 70.0 Å². The standard InChI is InChI=1S/C30H35N7O6S2/c1-19-9-12-22(13-10-19)45(42,43)36-30(31)33-15-5-7-23(27(40)28-32-16-17-44-28)35-26(39)18-37-25-8-4-3-6-21(25)11-14-24(29(37)41)34-20(2)38/h3-4,6,8-10,12-13,16-17,23-24H,5,7,11,14-15,18H2,1-2H3,(H,34,38)(H,35,39)(H3,31,33,36)/t23-,24?/m1/s1. The Hall–Kier alpha value is -4.63. The van der Waals surface area contributed by atoms with Gasteiger partial charge in [0.15, 0.2) is 5.01 Å². The summed E-state index contributed by atoms with van der Waals surface area (Å²) in [5, 5.41) is 7.26. The molecule has 1 aromatic heterocycles. The monoisotopic (exact) mass is 653 g/mol. The molecule has 1 aliphatic heterocycles. The van der Waals surface area contributed by atoms with Crippen LogP contribution < -0.4 is 26.0 Å². The first-order valence-electron chi connectivity index (χ1n) is 14.2. The normalized spacial score (nSPS) is 15.9. The summed E-state index contributed by atoms with van der Waals surface area (Å²) < 4.78 is 27.4. The number of nitrogens with one attached hydrogen (secondary N) is 3. The Balaban J connectivity index is 1.43. The van der Waals surface area contributed by atoms with Crippen LogP contribution in [0.2, 0.25) is 0 Å². The highest BCUT2D eigenvalue weighted by molar-refractivity contribution is 7.90. The summed E-state index contributed by atoms with van der Waals surface area (Å²) in [6, 6.07) is 11.7. The number of nitrogens with zero attached hydrogens (tertiary/aromatic N) is 3. The van der Waals surface area contributed by atoms with Gasteiger partial charge in [0.05, 0.1) is 10.9 Å². The molecule has 0 aliphatic carbocycles. The number of fused-ring (bicyclic) bond motifs is 1. The van der Waals surface area contributed by atoms with Gasteiger partial charge in [-0.3, -0.25) is 24.2 Å². The zero-order chi connectivity index (χ0) is 32.6. The molecule has 0 spiro atoms. The first kappa shape index (κ1) is 33.3. The molecule has 4 rings (SSSR count). The second kappa shape index (κ2) is 14.9. The van der Waals surface area contributed by atoms with Crippen LogP contribution in [0.5, 0.6) is 0 Å². The van der Waals surface area contributed by atoms with Gasteiger partial charge in [0.1, 0.15) is 12.6 Å². The molecule has 13 nitrogen and oxygen atoms in total. The van der Waals surface area contributed by atoms with E-state index in [1.54, 1.807) is 29.6 Å². The number of aromatic nitrogens is 1. The van der Waals surface area contributed by atoms with Crippen molar-refractivity contribution in [1.82, 2.24) is 20.3 Å². The number of Topliss-reactive ketones (excluding diaryl/α,β-unsaturated/α-hetero) is 1. The number of para-hydroxylation sites is 1. The molecule has 1 unspecified atom stereocenters. The molecule has 15 heteroatoms. The van der Waals surface area contributed by atoms with Gasteiger partial charge in [-0.2, -0.15) is 0 Å². The predicted octanol–water partition coefficient (Wildman–Crippen LogP) is 1.68. The quantitative estimate of drug-likeness (QED) is 0.0981. The molecule has 2 atom stereocenters. The minimum absolute atomic E-state index is 0.0389. The fourth-order valence-corrected chi connectivity index (χ4v) is 6.43. The van der Waals surface area contributed by atoms with Crippen molar-refractivity contribution in [2.24, 2.45) is 10.7 Å². The lowest BCUT2D eigenvalue weighted by atomic mass is 10.1. The summed E-state index contributed by atoms with van der Waals surface area (Å²) in [6.07, 6.45) is 2.80. The fourth-order valence-electron chi connectivity index (χ4n) is 4.85. The lowest BCUT2D eigenvalue weighted by Crippen LogP contribution is -2.52. The number of amides is 3. The fraction of sp³-hybridized carbons (Fsp3) is 0.333. The molecule has 0 saturated heterocycles. The molecule has 3 aromatic rings. The highest BCUT2D eigenvalue weighted by Crippen LogP contribution is 2.27. The van der Waals surface area contributed by atoms with Crippen molar-refractivity contribution in [2.75, 3.05) is 18.0 Å². The lowest BCUT2D eigenvalue weighted by Gasteiger charge is -2.26. The molecular weight excluding hydrogens is 619 g/mol. The highest BCUT2D eigenvalue weighted by atomic mass is 32.2. The van der Waals surface area contributed by atoms with Crippen LogP contribution in [-0.2, 0) is 30.8 Å². The van der Waals surface area contributed by atoms with Crippen LogP contribution in [0.3, 0.4) is 0 Å². The Morgan fingerprint density at radius 2 is 1.89 bits per heavy atom. The summed E-state index contributed by atoms with van der Waals surface area (Å²) >= 11 is 1.13. The number of ketones is 1. The van der Waals surface area contributed by atoms with E-state index in [1.807, 2.05) is 19.1 Å². The van der Waals surface area contributed by atoms with Gasteiger partial charge in [-0.15, -0.1) is 11.3 Å². The van der Waals surface area contributed by atoms with Crippen molar-refractivity contribution in [2.45, 2.75) is 56.5 Å². The molecule has 238 valence electrons. The summed E-state index contributed by atoms with van der Waals surface area (Å²) in [6.45, 7) is 2.86. The molecule has 5 N–H and O–H groups in total. The van der Waals surface area contributed by atoms with Gasteiger partial charge in [-0.1, -0.05) is 35.9 Å². The first-order valence-corrected chi connectivity index (χ1v) is 16.6. The van der Waals surface area contributed by atoms with E-state index in [1.165, 1.54) is 30.2 Å². The van der Waals surface area contributed by atoms with Crippen LogP contribution in [0.1, 0.15) is 47.1 Å². The molecule has 0 bridgehead atoms. The number of sulfonamides is 1. The molecule has 3 amide bonds. The number of carbonyl (C=O) groups excluding carboxylic acids is 4. The number of anilines is 1. The van der Waals surface area contributed by atoms with Gasteiger partial charge in [0, 0.05) is 30.7 Å². The third-order valence-corrected chi connectivity index (χ3v) is 9.18. The van der Waals surface area contributed by atoms with E-state index in [4.69, 9.17) is 5.73 Å². The van der Waals surface area contributed by atoms with Gasteiger partial charge in [-0.05, 0) is 56.4 Å². The number of carbonyl (C=O) groups is 4. The summed E-state index contributed by atoms with van der Waals surface area (Å²) in [4.78, 5) is 61.4. The molecular formula is C30H35N7O6S2. The van der Waals surface area contributed by atoms with E-state index in [0.717, 1.165) is 22.5 Å². The van der Waals surface area contributed by atoms with Crippen LogP contribution in [0, 0.1) is 6.92 Å². The maximum Gasteiger partial charge on any atom is 0.264 e. The number of thiazole rings is 1. The van der Waals surface area contributed by atoms with Crippen LogP contribution in [0.25, 0.3) is 0 Å². The van der Waals surface area contributed by atoms with E-state index in [2.05, 4.69) is 25.3 Å². The number of hydrogen-bond donors (Lipinski definition) is 4. The van der Waals surface area contributed by atoms with Crippen molar-refractivity contribution in [3.05, 3.63) is 76.2 Å². The number of guanidine groups is 1. The van der Waals surface area contributed by atoms with Gasteiger partial charge in [0.2, 0.25) is 29.5 Å². The first-order chi connectivity index (χ1) is 21.4.